The van der Waals surface area contributed by atoms with E-state index in [0.29, 0.717) is 6.61 Å². The maximum atomic E-state index is 9.11. The lowest BCUT2D eigenvalue weighted by Crippen LogP contribution is -2.24. The number of benzene rings is 1. The molecular weight excluding hydrogens is 322 g/mol. The summed E-state index contributed by atoms with van der Waals surface area (Å²) >= 11 is 0. The molecule has 2 N–H and O–H groups in total. The van der Waals surface area contributed by atoms with Gasteiger partial charge >= 0.3 is 0 Å². The normalized spacial score (nSPS) is 20.1. The van der Waals surface area contributed by atoms with Crippen molar-refractivity contribution >= 4 is 12.4 Å². The van der Waals surface area contributed by atoms with Crippen LogP contribution >= 0.6 is 12.4 Å². The number of hydrogen-bond donors (Lipinski definition) is 2. The summed E-state index contributed by atoms with van der Waals surface area (Å²) in [7, 11) is 0. The third-order valence-corrected chi connectivity index (χ3v) is 4.73. The number of hydrogen-bond acceptors (Lipinski definition) is 3. The van der Waals surface area contributed by atoms with Gasteiger partial charge in [0.25, 0.3) is 0 Å². The van der Waals surface area contributed by atoms with Gasteiger partial charge in [0, 0.05) is 12.6 Å². The summed E-state index contributed by atoms with van der Waals surface area (Å²) in [6.07, 6.45) is 10.5. The Morgan fingerprint density at radius 1 is 1.04 bits per heavy atom. The molecule has 1 aromatic rings. The van der Waals surface area contributed by atoms with Gasteiger partial charge in [-0.15, -0.1) is 12.4 Å². The van der Waals surface area contributed by atoms with E-state index in [1.165, 1.54) is 56.1 Å². The first-order valence-electron chi connectivity index (χ1n) is 9.35. The quantitative estimate of drug-likeness (QED) is 0.583. The van der Waals surface area contributed by atoms with Crippen LogP contribution in [0.3, 0.4) is 0 Å². The number of unbranched alkanes of at least 4 members (excludes halogenated alkanes) is 5. The Balaban J connectivity index is 0.00000288. The Bertz CT molecular complexity index is 424. The van der Waals surface area contributed by atoms with Crippen molar-refractivity contribution in [2.45, 2.75) is 77.0 Å². The summed E-state index contributed by atoms with van der Waals surface area (Å²) in [5.74, 6) is 0. The standard InChI is InChI=1S/C20H33NO2.ClH/c1-2-3-4-5-6-7-8-17-9-11-18(12-10-17)16-23-20-13-19(15-22)21-14-20;/h9-12,19-22H,2-8,13-16H2,1H3;1H/t19-,20+;/m0./s1. The van der Waals surface area contributed by atoms with Crippen LogP contribution < -0.4 is 5.32 Å². The van der Waals surface area contributed by atoms with E-state index < -0.39 is 0 Å². The number of halogens is 1. The average molecular weight is 356 g/mol. The summed E-state index contributed by atoms with van der Waals surface area (Å²) in [5.41, 5.74) is 2.68. The molecule has 1 heterocycles. The summed E-state index contributed by atoms with van der Waals surface area (Å²) < 4.78 is 5.92. The van der Waals surface area contributed by atoms with Gasteiger partial charge in [0.1, 0.15) is 0 Å². The molecule has 1 saturated heterocycles. The van der Waals surface area contributed by atoms with Crippen LogP contribution in [0.5, 0.6) is 0 Å². The lowest BCUT2D eigenvalue weighted by molar-refractivity contribution is 0.0512. The predicted molar refractivity (Wildman–Crippen MR) is 103 cm³/mol. The van der Waals surface area contributed by atoms with E-state index >= 15 is 0 Å². The number of aliphatic hydroxyl groups is 1. The molecule has 0 aromatic heterocycles. The minimum absolute atomic E-state index is 0. The predicted octanol–water partition coefficient (Wildman–Crippen LogP) is 4.25. The first-order chi connectivity index (χ1) is 11.3. The molecule has 4 heteroatoms. The number of aryl methyl sites for hydroxylation is 1. The molecule has 138 valence electrons. The molecule has 2 rings (SSSR count). The van der Waals surface area contributed by atoms with E-state index in [4.69, 9.17) is 9.84 Å². The lowest BCUT2D eigenvalue weighted by Gasteiger charge is -2.11. The maximum absolute atomic E-state index is 9.11. The molecule has 1 aromatic carbocycles. The van der Waals surface area contributed by atoms with Crippen molar-refractivity contribution in [2.24, 2.45) is 0 Å². The van der Waals surface area contributed by atoms with Gasteiger partial charge in [-0.25, -0.2) is 0 Å². The molecule has 3 nitrogen and oxygen atoms in total. The van der Waals surface area contributed by atoms with E-state index in [1.54, 1.807) is 0 Å². The van der Waals surface area contributed by atoms with Crippen LogP contribution in [0.25, 0.3) is 0 Å². The van der Waals surface area contributed by atoms with Crippen LogP contribution in [0.4, 0.5) is 0 Å². The monoisotopic (exact) mass is 355 g/mol. The highest BCUT2D eigenvalue weighted by molar-refractivity contribution is 5.85. The highest BCUT2D eigenvalue weighted by Gasteiger charge is 2.23. The number of nitrogens with one attached hydrogen (secondary N) is 1. The van der Waals surface area contributed by atoms with E-state index in [9.17, 15) is 0 Å². The molecule has 1 fully saturated rings. The topological polar surface area (TPSA) is 41.5 Å². The van der Waals surface area contributed by atoms with Crippen LogP contribution in [0.1, 0.15) is 63.0 Å². The fraction of sp³-hybridized carbons (Fsp3) is 0.700. The second kappa shape index (κ2) is 12.7. The Morgan fingerprint density at radius 3 is 2.38 bits per heavy atom. The second-order valence-electron chi connectivity index (χ2n) is 6.79. The van der Waals surface area contributed by atoms with Crippen LogP contribution in [-0.4, -0.2) is 30.4 Å². The SMILES string of the molecule is CCCCCCCCc1ccc(CO[C@H]2CN[C@H](CO)C2)cc1.Cl. The molecule has 0 saturated carbocycles. The Hall–Kier alpha value is -0.610. The van der Waals surface area contributed by atoms with Crippen molar-refractivity contribution < 1.29 is 9.84 Å². The van der Waals surface area contributed by atoms with Crippen LogP contribution in [-0.2, 0) is 17.8 Å². The molecular formula is C20H34ClNO2. The largest absolute Gasteiger partial charge is 0.395 e. The van der Waals surface area contributed by atoms with Crippen molar-refractivity contribution in [1.29, 1.82) is 0 Å². The molecule has 0 bridgehead atoms. The first kappa shape index (κ1) is 21.4. The number of aliphatic hydroxyl groups excluding tert-OH is 1. The maximum Gasteiger partial charge on any atom is 0.0721 e. The molecule has 0 unspecified atom stereocenters. The fourth-order valence-corrected chi connectivity index (χ4v) is 3.17. The van der Waals surface area contributed by atoms with E-state index in [-0.39, 0.29) is 31.2 Å². The van der Waals surface area contributed by atoms with Gasteiger partial charge < -0.3 is 15.2 Å². The molecule has 0 spiro atoms. The summed E-state index contributed by atoms with van der Waals surface area (Å²) in [4.78, 5) is 0. The van der Waals surface area contributed by atoms with Crippen molar-refractivity contribution in [1.82, 2.24) is 5.32 Å². The Morgan fingerprint density at radius 2 is 1.71 bits per heavy atom. The second-order valence-corrected chi connectivity index (χ2v) is 6.79. The van der Waals surface area contributed by atoms with E-state index in [1.807, 2.05) is 0 Å². The van der Waals surface area contributed by atoms with Crippen molar-refractivity contribution in [2.75, 3.05) is 13.2 Å². The zero-order valence-corrected chi connectivity index (χ0v) is 15.8. The van der Waals surface area contributed by atoms with Crippen LogP contribution in [0, 0.1) is 0 Å². The van der Waals surface area contributed by atoms with Gasteiger partial charge in [0.15, 0.2) is 0 Å². The minimum Gasteiger partial charge on any atom is -0.395 e. The van der Waals surface area contributed by atoms with Crippen molar-refractivity contribution in [3.8, 4) is 0 Å². The highest BCUT2D eigenvalue weighted by Crippen LogP contribution is 2.15. The zero-order valence-electron chi connectivity index (χ0n) is 15.0. The third kappa shape index (κ3) is 7.98. The van der Waals surface area contributed by atoms with Crippen molar-refractivity contribution in [3.05, 3.63) is 35.4 Å². The van der Waals surface area contributed by atoms with Gasteiger partial charge in [-0.05, 0) is 30.4 Å². The van der Waals surface area contributed by atoms with Crippen LogP contribution in [0.2, 0.25) is 0 Å². The van der Waals surface area contributed by atoms with E-state index in [2.05, 4.69) is 36.5 Å². The van der Waals surface area contributed by atoms with Crippen molar-refractivity contribution in [3.63, 3.8) is 0 Å². The first-order valence-corrected chi connectivity index (χ1v) is 9.35. The molecule has 1 aliphatic heterocycles. The summed E-state index contributed by atoms with van der Waals surface area (Å²) in [5, 5.41) is 12.4. The smallest absolute Gasteiger partial charge is 0.0721 e. The lowest BCUT2D eigenvalue weighted by atomic mass is 10.0. The van der Waals surface area contributed by atoms with Gasteiger partial charge in [-0.2, -0.15) is 0 Å². The van der Waals surface area contributed by atoms with Gasteiger partial charge in [0.2, 0.25) is 0 Å². The molecule has 2 atom stereocenters. The zero-order chi connectivity index (χ0) is 16.3. The number of ether oxygens (including phenoxy) is 1. The summed E-state index contributed by atoms with van der Waals surface area (Å²) in [6, 6.07) is 9.08. The third-order valence-electron chi connectivity index (χ3n) is 4.73. The summed E-state index contributed by atoms with van der Waals surface area (Å²) in [6.45, 7) is 3.98. The molecule has 0 aliphatic carbocycles. The Kier molecular flexibility index (Phi) is 11.4. The van der Waals surface area contributed by atoms with Crippen LogP contribution in [0.15, 0.2) is 24.3 Å². The van der Waals surface area contributed by atoms with Gasteiger partial charge in [-0.1, -0.05) is 63.3 Å². The average Bonchev–Trinajstić information content (AvgIpc) is 3.05. The molecule has 0 radical (unpaired) electrons. The minimum atomic E-state index is 0. The fourth-order valence-electron chi connectivity index (χ4n) is 3.17. The Labute approximate surface area is 153 Å². The molecule has 0 amide bonds. The molecule has 1 aliphatic rings. The molecule has 24 heavy (non-hydrogen) atoms. The van der Waals surface area contributed by atoms with Gasteiger partial charge in [-0.3, -0.25) is 0 Å². The van der Waals surface area contributed by atoms with Gasteiger partial charge in [0.05, 0.1) is 19.3 Å². The number of rotatable bonds is 11. The van der Waals surface area contributed by atoms with E-state index in [0.717, 1.165) is 13.0 Å². The highest BCUT2D eigenvalue weighted by atomic mass is 35.5.